The lowest BCUT2D eigenvalue weighted by atomic mass is 10.1. The maximum Gasteiger partial charge on any atom is 0.126 e. The molecule has 2 rings (SSSR count). The first-order valence-electron chi connectivity index (χ1n) is 7.66. The fraction of sp³-hybridized carbons (Fsp3) is 0.368. The Morgan fingerprint density at radius 1 is 1.05 bits per heavy atom. The molecule has 0 saturated carbocycles. The van der Waals surface area contributed by atoms with Crippen LogP contribution in [0.1, 0.15) is 37.5 Å². The molecule has 2 nitrogen and oxygen atoms in total. The van der Waals surface area contributed by atoms with Crippen molar-refractivity contribution < 1.29 is 5.11 Å². The van der Waals surface area contributed by atoms with Gasteiger partial charge in [0.15, 0.2) is 0 Å². The predicted molar refractivity (Wildman–Crippen MR) is 98.2 cm³/mol. The highest BCUT2D eigenvalue weighted by Crippen LogP contribution is 2.23. The molecule has 118 valence electrons. The molecule has 0 aliphatic rings. The van der Waals surface area contributed by atoms with Crippen molar-refractivity contribution in [2.24, 2.45) is 0 Å². The van der Waals surface area contributed by atoms with Gasteiger partial charge in [0.2, 0.25) is 0 Å². The highest BCUT2D eigenvalue weighted by Gasteiger charge is 2.12. The van der Waals surface area contributed by atoms with Crippen molar-refractivity contribution >= 4 is 19.2 Å². The molecule has 2 aromatic carbocycles. The Bertz CT molecular complexity index is 659. The molecule has 0 aliphatic carbocycles. The summed E-state index contributed by atoms with van der Waals surface area (Å²) in [5.74, 6) is 0.427. The summed E-state index contributed by atoms with van der Waals surface area (Å²) in [4.78, 5) is 0. The van der Waals surface area contributed by atoms with Crippen molar-refractivity contribution in [1.29, 1.82) is 0 Å². The van der Waals surface area contributed by atoms with Crippen LogP contribution in [0, 0.1) is 13.8 Å². The Morgan fingerprint density at radius 3 is 2.45 bits per heavy atom. The van der Waals surface area contributed by atoms with Gasteiger partial charge in [0.05, 0.1) is 0 Å². The third kappa shape index (κ3) is 4.56. The minimum Gasteiger partial charge on any atom is -0.507 e. The van der Waals surface area contributed by atoms with Gasteiger partial charge in [-0.1, -0.05) is 50.5 Å². The number of hydrogen-bond donors (Lipinski definition) is 2. The number of aromatic hydroxyl groups is 1. The van der Waals surface area contributed by atoms with E-state index in [4.69, 9.17) is 0 Å². The number of para-hydroxylation sites is 1. The Balaban J connectivity index is 2.28. The van der Waals surface area contributed by atoms with Crippen molar-refractivity contribution in [3.63, 3.8) is 0 Å². The zero-order valence-corrected chi connectivity index (χ0v) is 15.1. The molecule has 2 aromatic rings. The molecule has 2 N–H and O–H groups in total. The van der Waals surface area contributed by atoms with E-state index in [1.54, 1.807) is 0 Å². The highest BCUT2D eigenvalue weighted by atomic mass is 31.1. The zero-order valence-electron chi connectivity index (χ0n) is 14.1. The van der Waals surface area contributed by atoms with Crippen molar-refractivity contribution in [1.82, 2.24) is 5.32 Å². The molecule has 0 bridgehead atoms. The second kappa shape index (κ2) is 6.81. The molecule has 0 aromatic heterocycles. The van der Waals surface area contributed by atoms with E-state index in [0.29, 0.717) is 14.3 Å². The van der Waals surface area contributed by atoms with Crippen LogP contribution in [0.2, 0.25) is 0 Å². The molecule has 1 unspecified atom stereocenters. The van der Waals surface area contributed by atoms with Crippen LogP contribution in [-0.4, -0.2) is 10.6 Å². The van der Waals surface area contributed by atoms with Crippen molar-refractivity contribution in [2.45, 2.75) is 46.7 Å². The van der Waals surface area contributed by atoms with E-state index in [-0.39, 0.29) is 5.54 Å². The molecule has 0 fully saturated rings. The molecule has 0 saturated heterocycles. The quantitative estimate of drug-likeness (QED) is 0.846. The Kier molecular flexibility index (Phi) is 5.26. The number of aryl methyl sites for hydroxylation is 2. The van der Waals surface area contributed by atoms with Gasteiger partial charge >= 0.3 is 0 Å². The molecular weight excluding hydrogens is 289 g/mol. The number of rotatable bonds is 4. The van der Waals surface area contributed by atoms with Crippen molar-refractivity contribution in [3.05, 3.63) is 53.1 Å². The summed E-state index contributed by atoms with van der Waals surface area (Å²) < 4.78 is 0. The smallest absolute Gasteiger partial charge is 0.126 e. The van der Waals surface area contributed by atoms with Crippen molar-refractivity contribution in [2.75, 3.05) is 0 Å². The van der Waals surface area contributed by atoms with E-state index in [9.17, 15) is 5.11 Å². The fourth-order valence-electron chi connectivity index (χ4n) is 2.26. The van der Waals surface area contributed by atoms with Crippen molar-refractivity contribution in [3.8, 4) is 5.75 Å². The van der Waals surface area contributed by atoms with E-state index in [1.165, 1.54) is 16.4 Å². The van der Waals surface area contributed by atoms with Crippen LogP contribution in [0.4, 0.5) is 0 Å². The first-order valence-corrected chi connectivity index (χ1v) is 8.66. The predicted octanol–water partition coefficient (Wildman–Crippen LogP) is 3.53. The summed E-state index contributed by atoms with van der Waals surface area (Å²) in [5.41, 5.74) is 3.61. The third-order valence-corrected chi connectivity index (χ3v) is 5.01. The molecule has 0 radical (unpaired) electrons. The topological polar surface area (TPSA) is 32.3 Å². The van der Waals surface area contributed by atoms with Gasteiger partial charge in [-0.25, -0.2) is 0 Å². The van der Waals surface area contributed by atoms with Gasteiger partial charge < -0.3 is 10.4 Å². The van der Waals surface area contributed by atoms with E-state index in [0.717, 1.165) is 17.4 Å². The summed E-state index contributed by atoms with van der Waals surface area (Å²) in [6, 6.07) is 12.6. The van der Waals surface area contributed by atoms with E-state index < -0.39 is 0 Å². The lowest BCUT2D eigenvalue weighted by Crippen LogP contribution is -2.36. The first kappa shape index (κ1) is 17.0. The molecule has 0 heterocycles. The zero-order chi connectivity index (χ0) is 16.3. The third-order valence-electron chi connectivity index (χ3n) is 3.58. The summed E-state index contributed by atoms with van der Waals surface area (Å²) >= 11 is 0. The summed E-state index contributed by atoms with van der Waals surface area (Å²) in [7, 11) is 0.470. The molecule has 3 heteroatoms. The van der Waals surface area contributed by atoms with Crippen LogP contribution < -0.4 is 15.9 Å². The summed E-state index contributed by atoms with van der Waals surface area (Å²) in [6.07, 6.45) is 0. The highest BCUT2D eigenvalue weighted by molar-refractivity contribution is 7.55. The Morgan fingerprint density at radius 2 is 1.77 bits per heavy atom. The molecule has 0 amide bonds. The molecular formula is C19H26NOP. The average molecular weight is 315 g/mol. The van der Waals surface area contributed by atoms with Gasteiger partial charge in [-0.15, -0.1) is 0 Å². The van der Waals surface area contributed by atoms with Crippen LogP contribution in [0.15, 0.2) is 36.4 Å². The number of benzene rings is 2. The number of hydrogen-bond acceptors (Lipinski definition) is 2. The first-order chi connectivity index (χ1) is 10.3. The maximum atomic E-state index is 10.3. The van der Waals surface area contributed by atoms with Gasteiger partial charge in [0.1, 0.15) is 5.75 Å². The summed E-state index contributed by atoms with van der Waals surface area (Å²) in [5, 5.41) is 16.1. The van der Waals surface area contributed by atoms with E-state index in [2.05, 4.69) is 51.2 Å². The second-order valence-electron chi connectivity index (χ2n) is 6.86. The van der Waals surface area contributed by atoms with Crippen LogP contribution in [0.3, 0.4) is 0 Å². The van der Waals surface area contributed by atoms with Crippen LogP contribution >= 0.6 is 8.58 Å². The lowest BCUT2D eigenvalue weighted by Gasteiger charge is -2.22. The number of nitrogens with one attached hydrogen (secondary N) is 1. The van der Waals surface area contributed by atoms with Crippen LogP contribution in [0.25, 0.3) is 0 Å². The lowest BCUT2D eigenvalue weighted by molar-refractivity contribution is 0.425. The van der Waals surface area contributed by atoms with E-state index >= 15 is 0 Å². The normalized spacial score (nSPS) is 12.2. The number of phenolic OH excluding ortho intramolecular Hbond substituents is 1. The minimum absolute atomic E-state index is 0.0929. The second-order valence-corrected chi connectivity index (χ2v) is 8.19. The van der Waals surface area contributed by atoms with Gasteiger partial charge in [-0.05, 0) is 51.1 Å². The average Bonchev–Trinajstić information content (AvgIpc) is 2.43. The molecule has 1 atom stereocenters. The molecule has 22 heavy (non-hydrogen) atoms. The van der Waals surface area contributed by atoms with Gasteiger partial charge in [-0.3, -0.25) is 0 Å². The largest absolute Gasteiger partial charge is 0.507 e. The van der Waals surface area contributed by atoms with Gasteiger partial charge in [0, 0.05) is 17.4 Å². The SMILES string of the molecule is Cc1ccc(Pc2cccc(C)c2O)c(CNC(C)(C)C)c1. The van der Waals surface area contributed by atoms with E-state index in [1.807, 2.05) is 25.1 Å². The van der Waals surface area contributed by atoms with Crippen LogP contribution in [0.5, 0.6) is 5.75 Å². The Labute approximate surface area is 135 Å². The minimum atomic E-state index is 0.0929. The van der Waals surface area contributed by atoms with Gasteiger partial charge in [0.25, 0.3) is 0 Å². The monoisotopic (exact) mass is 315 g/mol. The Hall–Kier alpha value is -1.37. The summed E-state index contributed by atoms with van der Waals surface area (Å²) in [6.45, 7) is 11.4. The molecule has 0 spiro atoms. The number of phenols is 1. The van der Waals surface area contributed by atoms with Gasteiger partial charge in [-0.2, -0.15) is 0 Å². The fourth-order valence-corrected chi connectivity index (χ4v) is 3.53. The van der Waals surface area contributed by atoms with Crippen LogP contribution in [-0.2, 0) is 6.54 Å². The maximum absolute atomic E-state index is 10.3. The standard InChI is InChI=1S/C19H26NOP/c1-13-9-10-16(15(11-13)12-20-19(3,4)5)22-17-8-6-7-14(2)18(17)21/h6-11,20-22H,12H2,1-5H3. The molecule has 0 aliphatic heterocycles.